The Morgan fingerprint density at radius 1 is 1.33 bits per heavy atom. The predicted molar refractivity (Wildman–Crippen MR) is 63.3 cm³/mol. The monoisotopic (exact) mass is 202 g/mol. The molecule has 1 N–H and O–H groups in total. The van der Waals surface area contributed by atoms with E-state index in [9.17, 15) is 0 Å². The molecule has 0 amide bonds. The summed E-state index contributed by atoms with van der Waals surface area (Å²) in [5.41, 5.74) is 3.01. The van der Waals surface area contributed by atoms with Crippen molar-refractivity contribution in [2.24, 2.45) is 5.92 Å². The van der Waals surface area contributed by atoms with Crippen molar-refractivity contribution in [3.05, 3.63) is 29.8 Å². The molecule has 1 saturated heterocycles. The van der Waals surface area contributed by atoms with Crippen LogP contribution in [0.15, 0.2) is 24.3 Å². The van der Waals surface area contributed by atoms with Gasteiger partial charge >= 0.3 is 0 Å². The average Bonchev–Trinajstić information content (AvgIpc) is 2.89. The SMILES string of the molecule is c1ccc2c(c1)CCN2C[C@H]1CCNC1. The zero-order chi connectivity index (χ0) is 10.1. The lowest BCUT2D eigenvalue weighted by Gasteiger charge is -2.22. The first-order chi connectivity index (χ1) is 7.43. The second-order valence-electron chi connectivity index (χ2n) is 4.68. The Balaban J connectivity index is 1.73. The lowest BCUT2D eigenvalue weighted by molar-refractivity contribution is 0.567. The quantitative estimate of drug-likeness (QED) is 0.784. The lowest BCUT2D eigenvalue weighted by atomic mass is 10.1. The summed E-state index contributed by atoms with van der Waals surface area (Å²) >= 11 is 0. The Morgan fingerprint density at radius 3 is 3.13 bits per heavy atom. The van der Waals surface area contributed by atoms with Crippen LogP contribution in [0.4, 0.5) is 5.69 Å². The molecule has 1 fully saturated rings. The highest BCUT2D eigenvalue weighted by Crippen LogP contribution is 2.28. The topological polar surface area (TPSA) is 15.3 Å². The minimum absolute atomic E-state index is 0.858. The Labute approximate surface area is 91.3 Å². The average molecular weight is 202 g/mol. The fourth-order valence-electron chi connectivity index (χ4n) is 2.78. The van der Waals surface area contributed by atoms with E-state index in [0.717, 1.165) is 5.92 Å². The number of hydrogen-bond acceptors (Lipinski definition) is 2. The van der Waals surface area contributed by atoms with Gasteiger partial charge in [0.2, 0.25) is 0 Å². The van der Waals surface area contributed by atoms with Gasteiger partial charge in [-0.1, -0.05) is 18.2 Å². The van der Waals surface area contributed by atoms with Crippen molar-refractivity contribution < 1.29 is 0 Å². The summed E-state index contributed by atoms with van der Waals surface area (Å²) in [7, 11) is 0. The zero-order valence-electron chi connectivity index (χ0n) is 9.08. The summed E-state index contributed by atoms with van der Waals surface area (Å²) in [5.74, 6) is 0.858. The first kappa shape index (κ1) is 9.22. The maximum Gasteiger partial charge on any atom is 0.0399 e. The van der Waals surface area contributed by atoms with Crippen molar-refractivity contribution in [3.8, 4) is 0 Å². The van der Waals surface area contributed by atoms with E-state index in [4.69, 9.17) is 0 Å². The molecule has 2 heterocycles. The molecule has 0 spiro atoms. The Bertz CT molecular complexity index is 342. The minimum Gasteiger partial charge on any atom is -0.371 e. The first-order valence-electron chi connectivity index (χ1n) is 5.97. The molecule has 1 aromatic rings. The molecule has 2 heteroatoms. The number of anilines is 1. The molecule has 0 saturated carbocycles. The Morgan fingerprint density at radius 2 is 2.27 bits per heavy atom. The van der Waals surface area contributed by atoms with E-state index in [0.29, 0.717) is 0 Å². The molecular formula is C13H18N2. The fraction of sp³-hybridized carbons (Fsp3) is 0.538. The largest absolute Gasteiger partial charge is 0.371 e. The Hall–Kier alpha value is -1.02. The number of rotatable bonds is 2. The highest BCUT2D eigenvalue weighted by atomic mass is 15.2. The standard InChI is InChI=1S/C13H18N2/c1-2-4-13-12(3-1)6-8-15(13)10-11-5-7-14-9-11/h1-4,11,14H,5-10H2/t11-/m0/s1. The highest BCUT2D eigenvalue weighted by Gasteiger charge is 2.23. The van der Waals surface area contributed by atoms with Gasteiger partial charge in [0.1, 0.15) is 0 Å². The molecular weight excluding hydrogens is 184 g/mol. The van der Waals surface area contributed by atoms with Gasteiger partial charge in [-0.3, -0.25) is 0 Å². The fourth-order valence-corrected chi connectivity index (χ4v) is 2.78. The van der Waals surface area contributed by atoms with Gasteiger partial charge in [0.25, 0.3) is 0 Å². The van der Waals surface area contributed by atoms with Gasteiger partial charge in [-0.15, -0.1) is 0 Å². The summed E-state index contributed by atoms with van der Waals surface area (Å²) in [6, 6.07) is 8.84. The summed E-state index contributed by atoms with van der Waals surface area (Å²) in [5, 5.41) is 3.44. The highest BCUT2D eigenvalue weighted by molar-refractivity contribution is 5.57. The van der Waals surface area contributed by atoms with E-state index in [1.54, 1.807) is 0 Å². The van der Waals surface area contributed by atoms with Gasteiger partial charge in [0.15, 0.2) is 0 Å². The molecule has 0 unspecified atom stereocenters. The van der Waals surface area contributed by atoms with Crippen LogP contribution in [0.5, 0.6) is 0 Å². The maximum absolute atomic E-state index is 3.44. The summed E-state index contributed by atoms with van der Waals surface area (Å²) in [4.78, 5) is 2.56. The molecule has 2 aliphatic rings. The molecule has 3 rings (SSSR count). The van der Waals surface area contributed by atoms with E-state index < -0.39 is 0 Å². The van der Waals surface area contributed by atoms with E-state index in [1.165, 1.54) is 50.3 Å². The van der Waals surface area contributed by atoms with Crippen LogP contribution >= 0.6 is 0 Å². The van der Waals surface area contributed by atoms with Crippen molar-refractivity contribution >= 4 is 5.69 Å². The number of para-hydroxylation sites is 1. The molecule has 80 valence electrons. The van der Waals surface area contributed by atoms with Crippen molar-refractivity contribution in [1.29, 1.82) is 0 Å². The molecule has 2 aliphatic heterocycles. The number of benzene rings is 1. The number of nitrogens with one attached hydrogen (secondary N) is 1. The van der Waals surface area contributed by atoms with E-state index >= 15 is 0 Å². The summed E-state index contributed by atoms with van der Waals surface area (Å²) < 4.78 is 0. The van der Waals surface area contributed by atoms with Crippen LogP contribution in [0.1, 0.15) is 12.0 Å². The second kappa shape index (κ2) is 3.86. The molecule has 15 heavy (non-hydrogen) atoms. The molecule has 0 radical (unpaired) electrons. The third kappa shape index (κ3) is 1.74. The maximum atomic E-state index is 3.44. The van der Waals surface area contributed by atoms with E-state index in [1.807, 2.05) is 0 Å². The van der Waals surface area contributed by atoms with Crippen LogP contribution < -0.4 is 10.2 Å². The van der Waals surface area contributed by atoms with Crippen LogP contribution in [0.25, 0.3) is 0 Å². The second-order valence-corrected chi connectivity index (χ2v) is 4.68. The van der Waals surface area contributed by atoms with Crippen LogP contribution in [0.2, 0.25) is 0 Å². The van der Waals surface area contributed by atoms with Crippen molar-refractivity contribution in [3.63, 3.8) is 0 Å². The number of fused-ring (bicyclic) bond motifs is 1. The van der Waals surface area contributed by atoms with E-state index in [2.05, 4.69) is 34.5 Å². The smallest absolute Gasteiger partial charge is 0.0399 e. The first-order valence-corrected chi connectivity index (χ1v) is 5.97. The van der Waals surface area contributed by atoms with Gasteiger partial charge in [0.05, 0.1) is 0 Å². The normalized spacial score (nSPS) is 24.5. The van der Waals surface area contributed by atoms with Crippen LogP contribution in [0, 0.1) is 5.92 Å². The van der Waals surface area contributed by atoms with Gasteiger partial charge in [-0.05, 0) is 43.5 Å². The van der Waals surface area contributed by atoms with Crippen LogP contribution in [-0.2, 0) is 6.42 Å². The van der Waals surface area contributed by atoms with Gasteiger partial charge < -0.3 is 10.2 Å². The van der Waals surface area contributed by atoms with Crippen LogP contribution in [-0.4, -0.2) is 26.2 Å². The molecule has 1 atom stereocenters. The van der Waals surface area contributed by atoms with Gasteiger partial charge in [0, 0.05) is 18.8 Å². The Kier molecular flexibility index (Phi) is 2.37. The third-order valence-electron chi connectivity index (χ3n) is 3.62. The molecule has 1 aromatic carbocycles. The molecule has 0 aliphatic carbocycles. The van der Waals surface area contributed by atoms with Crippen molar-refractivity contribution in [1.82, 2.24) is 5.32 Å². The van der Waals surface area contributed by atoms with E-state index in [-0.39, 0.29) is 0 Å². The minimum atomic E-state index is 0.858. The van der Waals surface area contributed by atoms with Crippen molar-refractivity contribution in [2.75, 3.05) is 31.1 Å². The molecule has 0 bridgehead atoms. The summed E-state index contributed by atoms with van der Waals surface area (Å²) in [6.45, 7) is 4.87. The van der Waals surface area contributed by atoms with Gasteiger partial charge in [-0.2, -0.15) is 0 Å². The predicted octanol–water partition coefficient (Wildman–Crippen LogP) is 1.66. The third-order valence-corrected chi connectivity index (χ3v) is 3.62. The number of nitrogens with zero attached hydrogens (tertiary/aromatic N) is 1. The molecule has 2 nitrogen and oxygen atoms in total. The zero-order valence-corrected chi connectivity index (χ0v) is 9.08. The number of hydrogen-bond donors (Lipinski definition) is 1. The van der Waals surface area contributed by atoms with Crippen LogP contribution in [0.3, 0.4) is 0 Å². The summed E-state index contributed by atoms with van der Waals surface area (Å²) in [6.07, 6.45) is 2.58. The van der Waals surface area contributed by atoms with Gasteiger partial charge in [-0.25, -0.2) is 0 Å². The molecule has 0 aromatic heterocycles. The lowest BCUT2D eigenvalue weighted by Crippen LogP contribution is -2.28. The van der Waals surface area contributed by atoms with Crippen molar-refractivity contribution in [2.45, 2.75) is 12.8 Å².